The van der Waals surface area contributed by atoms with Crippen LogP contribution in [0.3, 0.4) is 0 Å². The molecule has 0 aliphatic carbocycles. The number of fused-ring (bicyclic) bond motifs is 1. The third-order valence-corrected chi connectivity index (χ3v) is 3.66. The lowest BCUT2D eigenvalue weighted by molar-refractivity contribution is 0.0525. The quantitative estimate of drug-likeness (QED) is 0.717. The van der Waals surface area contributed by atoms with Crippen LogP contribution in [0.5, 0.6) is 5.88 Å². The maximum atomic E-state index is 11.8. The standard InChI is InChI=1S/C18H17N3O4/c1-3-24-18(23)13-9-8-12(19-11(13)2)10-25-17-15-7-5-4-6-14(15)16(22)20-21-17/h4-9H,3,10H2,1-2H3,(H,20,22). The molecule has 3 rings (SSSR count). The first kappa shape index (κ1) is 16.6. The van der Waals surface area contributed by atoms with Gasteiger partial charge < -0.3 is 9.47 Å². The first-order valence-corrected chi connectivity index (χ1v) is 7.84. The summed E-state index contributed by atoms with van der Waals surface area (Å²) in [5.74, 6) is -0.0719. The first-order valence-electron chi connectivity index (χ1n) is 7.84. The summed E-state index contributed by atoms with van der Waals surface area (Å²) < 4.78 is 10.7. The molecule has 0 aliphatic rings. The second-order valence-electron chi connectivity index (χ2n) is 5.35. The van der Waals surface area contributed by atoms with Gasteiger partial charge in [-0.1, -0.05) is 12.1 Å². The Morgan fingerprint density at radius 1 is 1.16 bits per heavy atom. The van der Waals surface area contributed by atoms with E-state index in [-0.39, 0.29) is 12.2 Å². The number of rotatable bonds is 5. The minimum atomic E-state index is -0.395. The van der Waals surface area contributed by atoms with Gasteiger partial charge in [-0.2, -0.15) is 0 Å². The first-order chi connectivity index (χ1) is 12.1. The molecule has 25 heavy (non-hydrogen) atoms. The summed E-state index contributed by atoms with van der Waals surface area (Å²) in [5, 5.41) is 7.51. The van der Waals surface area contributed by atoms with Crippen LogP contribution in [0.2, 0.25) is 0 Å². The van der Waals surface area contributed by atoms with Gasteiger partial charge in [0.2, 0.25) is 5.88 Å². The number of carbonyl (C=O) groups excluding carboxylic acids is 1. The van der Waals surface area contributed by atoms with Gasteiger partial charge in [0.15, 0.2) is 0 Å². The minimum Gasteiger partial charge on any atom is -0.470 e. The van der Waals surface area contributed by atoms with Crippen LogP contribution in [0, 0.1) is 6.92 Å². The number of hydrogen-bond donors (Lipinski definition) is 1. The molecule has 0 bridgehead atoms. The number of esters is 1. The van der Waals surface area contributed by atoms with E-state index in [1.807, 2.05) is 6.07 Å². The van der Waals surface area contributed by atoms with Crippen LogP contribution in [0.25, 0.3) is 10.8 Å². The fraction of sp³-hybridized carbons (Fsp3) is 0.222. The van der Waals surface area contributed by atoms with Crippen LogP contribution in [0.15, 0.2) is 41.2 Å². The van der Waals surface area contributed by atoms with Gasteiger partial charge in [-0.25, -0.2) is 9.89 Å². The molecule has 1 aromatic carbocycles. The number of aromatic amines is 1. The molecule has 7 heteroatoms. The zero-order valence-electron chi connectivity index (χ0n) is 13.9. The lowest BCUT2D eigenvalue weighted by Crippen LogP contribution is -2.12. The summed E-state index contributed by atoms with van der Waals surface area (Å²) in [4.78, 5) is 27.9. The van der Waals surface area contributed by atoms with Crippen molar-refractivity contribution in [3.63, 3.8) is 0 Å². The molecule has 2 heterocycles. The Kier molecular flexibility index (Phi) is 4.74. The van der Waals surface area contributed by atoms with Gasteiger partial charge >= 0.3 is 5.97 Å². The maximum absolute atomic E-state index is 11.8. The summed E-state index contributed by atoms with van der Waals surface area (Å²) >= 11 is 0. The van der Waals surface area contributed by atoms with Crippen molar-refractivity contribution in [2.75, 3.05) is 6.61 Å². The number of aromatic nitrogens is 3. The van der Waals surface area contributed by atoms with Crippen LogP contribution < -0.4 is 10.3 Å². The molecule has 0 spiro atoms. The Balaban J connectivity index is 1.81. The van der Waals surface area contributed by atoms with E-state index in [9.17, 15) is 9.59 Å². The molecule has 0 saturated heterocycles. The van der Waals surface area contributed by atoms with E-state index in [0.717, 1.165) is 0 Å². The number of nitrogens with zero attached hydrogens (tertiary/aromatic N) is 2. The van der Waals surface area contributed by atoms with Gasteiger partial charge in [0.05, 0.1) is 34.3 Å². The van der Waals surface area contributed by atoms with Gasteiger partial charge in [-0.15, -0.1) is 5.10 Å². The highest BCUT2D eigenvalue weighted by atomic mass is 16.5. The number of benzene rings is 1. The van der Waals surface area contributed by atoms with E-state index in [1.165, 1.54) is 0 Å². The molecule has 0 radical (unpaired) electrons. The Labute approximate surface area is 143 Å². The van der Waals surface area contributed by atoms with E-state index in [4.69, 9.17) is 9.47 Å². The van der Waals surface area contributed by atoms with Crippen molar-refractivity contribution in [3.8, 4) is 5.88 Å². The van der Waals surface area contributed by atoms with E-state index in [2.05, 4.69) is 15.2 Å². The highest BCUT2D eigenvalue weighted by Crippen LogP contribution is 2.20. The second kappa shape index (κ2) is 7.12. The average Bonchev–Trinajstić information content (AvgIpc) is 2.61. The predicted octanol–water partition coefficient (Wildman–Crippen LogP) is 2.38. The van der Waals surface area contributed by atoms with Gasteiger partial charge in [-0.05, 0) is 38.1 Å². The zero-order valence-corrected chi connectivity index (χ0v) is 13.9. The fourth-order valence-electron chi connectivity index (χ4n) is 2.46. The van der Waals surface area contributed by atoms with E-state index in [0.29, 0.717) is 40.2 Å². The third-order valence-electron chi connectivity index (χ3n) is 3.66. The largest absolute Gasteiger partial charge is 0.470 e. The van der Waals surface area contributed by atoms with Crippen LogP contribution in [-0.4, -0.2) is 27.8 Å². The molecule has 128 valence electrons. The summed E-state index contributed by atoms with van der Waals surface area (Å²) in [6.07, 6.45) is 0. The zero-order chi connectivity index (χ0) is 17.8. The molecule has 0 fully saturated rings. The minimum absolute atomic E-state index is 0.160. The Morgan fingerprint density at radius 2 is 1.92 bits per heavy atom. The number of aryl methyl sites for hydroxylation is 1. The third kappa shape index (κ3) is 3.50. The number of ether oxygens (including phenoxy) is 2. The van der Waals surface area contributed by atoms with E-state index in [1.54, 1.807) is 44.2 Å². The summed E-state index contributed by atoms with van der Waals surface area (Å²) in [6.45, 7) is 3.97. The average molecular weight is 339 g/mol. The topological polar surface area (TPSA) is 94.2 Å². The summed E-state index contributed by atoms with van der Waals surface area (Å²) in [5.41, 5.74) is 1.37. The molecule has 0 saturated carbocycles. The number of hydrogen-bond acceptors (Lipinski definition) is 6. The van der Waals surface area contributed by atoms with Crippen molar-refractivity contribution in [1.82, 2.24) is 15.2 Å². The van der Waals surface area contributed by atoms with Crippen LogP contribution >= 0.6 is 0 Å². The molecule has 0 amide bonds. The maximum Gasteiger partial charge on any atom is 0.339 e. The number of H-pyrrole nitrogens is 1. The van der Waals surface area contributed by atoms with Crippen LogP contribution in [0.1, 0.15) is 28.7 Å². The normalized spacial score (nSPS) is 10.6. The lowest BCUT2D eigenvalue weighted by Gasteiger charge is -2.09. The Morgan fingerprint density at radius 3 is 2.64 bits per heavy atom. The second-order valence-corrected chi connectivity index (χ2v) is 5.35. The Bertz CT molecular complexity index is 981. The van der Waals surface area contributed by atoms with Crippen molar-refractivity contribution in [1.29, 1.82) is 0 Å². The molecule has 0 atom stereocenters. The van der Waals surface area contributed by atoms with E-state index < -0.39 is 5.97 Å². The van der Waals surface area contributed by atoms with Crippen molar-refractivity contribution in [2.45, 2.75) is 20.5 Å². The molecule has 0 aliphatic heterocycles. The highest BCUT2D eigenvalue weighted by Gasteiger charge is 2.12. The van der Waals surface area contributed by atoms with Gasteiger partial charge in [-0.3, -0.25) is 9.78 Å². The Hall–Kier alpha value is -3.22. The summed E-state index contributed by atoms with van der Waals surface area (Å²) in [7, 11) is 0. The predicted molar refractivity (Wildman–Crippen MR) is 91.6 cm³/mol. The number of pyridine rings is 1. The molecule has 0 unspecified atom stereocenters. The molecule has 3 aromatic rings. The molecule has 1 N–H and O–H groups in total. The number of nitrogens with one attached hydrogen (secondary N) is 1. The van der Waals surface area contributed by atoms with Gasteiger partial charge in [0, 0.05) is 0 Å². The van der Waals surface area contributed by atoms with Gasteiger partial charge in [0.1, 0.15) is 6.61 Å². The smallest absolute Gasteiger partial charge is 0.339 e. The molecule has 7 nitrogen and oxygen atoms in total. The SMILES string of the molecule is CCOC(=O)c1ccc(COc2n[nH]c(=O)c3ccccc23)nc1C. The summed E-state index contributed by atoms with van der Waals surface area (Å²) in [6, 6.07) is 10.4. The fourth-order valence-corrected chi connectivity index (χ4v) is 2.46. The van der Waals surface area contributed by atoms with Crippen molar-refractivity contribution >= 4 is 16.7 Å². The van der Waals surface area contributed by atoms with Crippen molar-refractivity contribution in [3.05, 3.63) is 63.7 Å². The van der Waals surface area contributed by atoms with E-state index >= 15 is 0 Å². The van der Waals surface area contributed by atoms with Crippen LogP contribution in [0.4, 0.5) is 0 Å². The molecular formula is C18H17N3O4. The molecule has 2 aromatic heterocycles. The number of carbonyl (C=O) groups is 1. The van der Waals surface area contributed by atoms with Crippen LogP contribution in [-0.2, 0) is 11.3 Å². The van der Waals surface area contributed by atoms with Crippen molar-refractivity contribution in [2.24, 2.45) is 0 Å². The molecular weight excluding hydrogens is 322 g/mol. The monoisotopic (exact) mass is 339 g/mol. The van der Waals surface area contributed by atoms with Crippen molar-refractivity contribution < 1.29 is 14.3 Å². The lowest BCUT2D eigenvalue weighted by atomic mass is 10.2. The van der Waals surface area contributed by atoms with Gasteiger partial charge in [0.25, 0.3) is 5.56 Å². The highest BCUT2D eigenvalue weighted by molar-refractivity contribution is 5.90.